The molecule has 0 saturated heterocycles. The van der Waals surface area contributed by atoms with Gasteiger partial charge in [-0.2, -0.15) is 0 Å². The van der Waals surface area contributed by atoms with Gasteiger partial charge < -0.3 is 5.11 Å². The Labute approximate surface area is 109 Å². The highest BCUT2D eigenvalue weighted by molar-refractivity contribution is 6.32. The second-order valence-corrected chi connectivity index (χ2v) is 4.48. The summed E-state index contributed by atoms with van der Waals surface area (Å²) >= 11 is 5.82. The lowest BCUT2D eigenvalue weighted by Gasteiger charge is -2.07. The monoisotopic (exact) mass is 255 g/mol. The average molecular weight is 256 g/mol. The molecule has 0 spiro atoms. The molecular formula is C15H10ClNO. The van der Waals surface area contributed by atoms with Crippen LogP contribution >= 0.6 is 11.6 Å². The number of rotatable bonds is 1. The van der Waals surface area contributed by atoms with E-state index in [-0.39, 0.29) is 5.75 Å². The van der Waals surface area contributed by atoms with Crippen LogP contribution in [0.3, 0.4) is 0 Å². The molecule has 2 nitrogen and oxygen atoms in total. The molecule has 0 aliphatic carbocycles. The summed E-state index contributed by atoms with van der Waals surface area (Å²) in [5.74, 6) is 0.0853. The summed E-state index contributed by atoms with van der Waals surface area (Å²) in [5, 5.41) is 12.2. The largest absolute Gasteiger partial charge is 0.506 e. The molecule has 0 aliphatic rings. The predicted molar refractivity (Wildman–Crippen MR) is 73.9 cm³/mol. The van der Waals surface area contributed by atoms with E-state index in [4.69, 9.17) is 11.6 Å². The third kappa shape index (κ3) is 1.81. The number of pyridine rings is 1. The van der Waals surface area contributed by atoms with Crippen LogP contribution in [0.15, 0.2) is 54.9 Å². The van der Waals surface area contributed by atoms with Crippen molar-refractivity contribution in [3.05, 3.63) is 59.9 Å². The molecule has 1 N–H and O–H groups in total. The predicted octanol–water partition coefficient (Wildman–Crippen LogP) is 4.26. The summed E-state index contributed by atoms with van der Waals surface area (Å²) in [7, 11) is 0. The fraction of sp³-hybridized carbons (Fsp3) is 0. The number of nitrogens with zero attached hydrogens (tertiary/aromatic N) is 1. The molecule has 0 fully saturated rings. The molecule has 3 aromatic rings. The van der Waals surface area contributed by atoms with E-state index in [0.717, 1.165) is 21.9 Å². The van der Waals surface area contributed by atoms with Crippen molar-refractivity contribution in [3.63, 3.8) is 0 Å². The number of hydrogen-bond acceptors (Lipinski definition) is 2. The van der Waals surface area contributed by atoms with Crippen LogP contribution in [0.4, 0.5) is 0 Å². The van der Waals surface area contributed by atoms with E-state index in [0.29, 0.717) is 5.02 Å². The summed E-state index contributed by atoms with van der Waals surface area (Å²) in [6, 6.07) is 13.2. The van der Waals surface area contributed by atoms with E-state index in [2.05, 4.69) is 4.98 Å². The summed E-state index contributed by atoms with van der Waals surface area (Å²) in [4.78, 5) is 4.23. The average Bonchev–Trinajstić information content (AvgIpc) is 2.41. The van der Waals surface area contributed by atoms with Crippen LogP contribution < -0.4 is 0 Å². The van der Waals surface area contributed by atoms with Gasteiger partial charge in [0.15, 0.2) is 0 Å². The Morgan fingerprint density at radius 3 is 2.67 bits per heavy atom. The van der Waals surface area contributed by atoms with E-state index in [1.54, 1.807) is 18.3 Å². The first-order valence-corrected chi connectivity index (χ1v) is 5.95. The Morgan fingerprint density at radius 2 is 1.83 bits per heavy atom. The number of benzene rings is 2. The minimum absolute atomic E-state index is 0.0853. The van der Waals surface area contributed by atoms with Gasteiger partial charge in [-0.1, -0.05) is 41.9 Å². The molecule has 0 radical (unpaired) electrons. The second-order valence-electron chi connectivity index (χ2n) is 4.07. The van der Waals surface area contributed by atoms with Crippen molar-refractivity contribution in [1.82, 2.24) is 4.98 Å². The molecule has 2 aromatic carbocycles. The van der Waals surface area contributed by atoms with Gasteiger partial charge in [-0.25, -0.2) is 0 Å². The molecule has 0 bridgehead atoms. The van der Waals surface area contributed by atoms with E-state index in [9.17, 15) is 5.11 Å². The minimum atomic E-state index is 0.0853. The summed E-state index contributed by atoms with van der Waals surface area (Å²) in [6.07, 6.45) is 3.62. The molecule has 0 amide bonds. The van der Waals surface area contributed by atoms with Gasteiger partial charge in [-0.3, -0.25) is 4.98 Å². The molecule has 0 saturated carbocycles. The number of fused-ring (bicyclic) bond motifs is 1. The number of aromatic hydroxyl groups is 1. The van der Waals surface area contributed by atoms with E-state index >= 15 is 0 Å². The zero-order chi connectivity index (χ0) is 12.5. The summed E-state index contributed by atoms with van der Waals surface area (Å²) < 4.78 is 0. The van der Waals surface area contributed by atoms with Crippen LogP contribution in [0.1, 0.15) is 0 Å². The normalized spacial score (nSPS) is 10.7. The van der Waals surface area contributed by atoms with Gasteiger partial charge in [-0.15, -0.1) is 0 Å². The maximum atomic E-state index is 9.68. The molecular weight excluding hydrogens is 246 g/mol. The van der Waals surface area contributed by atoms with Gasteiger partial charge >= 0.3 is 0 Å². The second kappa shape index (κ2) is 4.31. The SMILES string of the molecule is Oc1cc(-c2cncc3ccccc23)ccc1Cl. The van der Waals surface area contributed by atoms with Crippen LogP contribution in [0.2, 0.25) is 5.02 Å². The molecule has 0 aliphatic heterocycles. The van der Waals surface area contributed by atoms with Crippen molar-refractivity contribution in [2.45, 2.75) is 0 Å². The molecule has 18 heavy (non-hydrogen) atoms. The van der Waals surface area contributed by atoms with Crippen LogP contribution in [0.25, 0.3) is 21.9 Å². The maximum absolute atomic E-state index is 9.68. The molecule has 1 aromatic heterocycles. The zero-order valence-corrected chi connectivity index (χ0v) is 10.2. The van der Waals surface area contributed by atoms with Gasteiger partial charge in [0, 0.05) is 23.3 Å². The van der Waals surface area contributed by atoms with Gasteiger partial charge in [0.25, 0.3) is 0 Å². The lowest BCUT2D eigenvalue weighted by Crippen LogP contribution is -1.83. The van der Waals surface area contributed by atoms with Crippen molar-refractivity contribution in [1.29, 1.82) is 0 Å². The highest BCUT2D eigenvalue weighted by Crippen LogP contribution is 2.32. The Morgan fingerprint density at radius 1 is 1.00 bits per heavy atom. The molecule has 3 heteroatoms. The van der Waals surface area contributed by atoms with Gasteiger partial charge in [-0.05, 0) is 23.1 Å². The Kier molecular flexibility index (Phi) is 2.65. The minimum Gasteiger partial charge on any atom is -0.506 e. The number of phenolic OH excluding ortho intramolecular Hbond substituents is 1. The molecule has 88 valence electrons. The quantitative estimate of drug-likeness (QED) is 0.705. The van der Waals surface area contributed by atoms with Gasteiger partial charge in [0.2, 0.25) is 0 Å². The molecule has 3 rings (SSSR count). The summed E-state index contributed by atoms with van der Waals surface area (Å²) in [5.41, 5.74) is 1.89. The van der Waals surface area contributed by atoms with Crippen molar-refractivity contribution in [2.24, 2.45) is 0 Å². The van der Waals surface area contributed by atoms with Gasteiger partial charge in [0.1, 0.15) is 5.75 Å². The third-order valence-corrected chi connectivity index (χ3v) is 3.24. The number of halogens is 1. The fourth-order valence-electron chi connectivity index (χ4n) is 2.03. The van der Waals surface area contributed by atoms with E-state index < -0.39 is 0 Å². The van der Waals surface area contributed by atoms with Crippen LogP contribution in [0, 0.1) is 0 Å². The van der Waals surface area contributed by atoms with Gasteiger partial charge in [0.05, 0.1) is 5.02 Å². The number of hydrogen-bond donors (Lipinski definition) is 1. The highest BCUT2D eigenvalue weighted by atomic mass is 35.5. The van der Waals surface area contributed by atoms with Crippen LogP contribution in [-0.4, -0.2) is 10.1 Å². The smallest absolute Gasteiger partial charge is 0.134 e. The Hall–Kier alpha value is -2.06. The number of phenols is 1. The summed E-state index contributed by atoms with van der Waals surface area (Å²) in [6.45, 7) is 0. The zero-order valence-electron chi connectivity index (χ0n) is 9.47. The van der Waals surface area contributed by atoms with Crippen molar-refractivity contribution in [2.75, 3.05) is 0 Å². The van der Waals surface area contributed by atoms with Crippen molar-refractivity contribution < 1.29 is 5.11 Å². The van der Waals surface area contributed by atoms with Crippen molar-refractivity contribution >= 4 is 22.4 Å². The van der Waals surface area contributed by atoms with Crippen LogP contribution in [-0.2, 0) is 0 Å². The lowest BCUT2D eigenvalue weighted by atomic mass is 10.0. The Balaban J connectivity index is 2.28. The maximum Gasteiger partial charge on any atom is 0.134 e. The topological polar surface area (TPSA) is 33.1 Å². The first kappa shape index (κ1) is 11.1. The third-order valence-electron chi connectivity index (χ3n) is 2.93. The number of aromatic nitrogens is 1. The molecule has 0 unspecified atom stereocenters. The highest BCUT2D eigenvalue weighted by Gasteiger charge is 2.06. The Bertz CT molecular complexity index is 719. The first-order chi connectivity index (χ1) is 8.75. The standard InChI is InChI=1S/C15H10ClNO/c16-14-6-5-10(7-15(14)18)13-9-17-8-11-3-1-2-4-12(11)13/h1-9,18H. The molecule has 1 heterocycles. The fourth-order valence-corrected chi connectivity index (χ4v) is 2.14. The molecule has 0 atom stereocenters. The van der Waals surface area contributed by atoms with E-state index in [1.807, 2.05) is 36.5 Å². The van der Waals surface area contributed by atoms with Crippen molar-refractivity contribution in [3.8, 4) is 16.9 Å². The first-order valence-electron chi connectivity index (χ1n) is 5.57. The van der Waals surface area contributed by atoms with E-state index in [1.165, 1.54) is 0 Å². The van der Waals surface area contributed by atoms with Crippen LogP contribution in [0.5, 0.6) is 5.75 Å². The lowest BCUT2D eigenvalue weighted by molar-refractivity contribution is 0.476.